The SMILES string of the molecule is CCc1nn(C)c(CC)c1CNC(=NC)NCCSc1ccccc1. The van der Waals surface area contributed by atoms with Crippen LogP contribution >= 0.6 is 11.8 Å². The number of benzene rings is 1. The number of hydrogen-bond donors (Lipinski definition) is 2. The lowest BCUT2D eigenvalue weighted by Gasteiger charge is -2.13. The first-order valence-electron chi connectivity index (χ1n) is 8.85. The number of thioether (sulfide) groups is 1. The third-order valence-corrected chi connectivity index (χ3v) is 5.10. The van der Waals surface area contributed by atoms with Gasteiger partial charge in [0.05, 0.1) is 5.69 Å². The summed E-state index contributed by atoms with van der Waals surface area (Å²) in [6, 6.07) is 10.5. The van der Waals surface area contributed by atoms with Gasteiger partial charge in [0, 0.05) is 49.1 Å². The first-order valence-corrected chi connectivity index (χ1v) is 9.84. The van der Waals surface area contributed by atoms with Gasteiger partial charge in [-0.25, -0.2) is 0 Å². The predicted molar refractivity (Wildman–Crippen MR) is 107 cm³/mol. The van der Waals surface area contributed by atoms with E-state index in [1.54, 1.807) is 0 Å². The highest BCUT2D eigenvalue weighted by atomic mass is 32.2. The number of hydrogen-bond acceptors (Lipinski definition) is 3. The Balaban J connectivity index is 1.82. The van der Waals surface area contributed by atoms with Gasteiger partial charge in [0.2, 0.25) is 0 Å². The van der Waals surface area contributed by atoms with Gasteiger partial charge >= 0.3 is 0 Å². The minimum atomic E-state index is 0.756. The van der Waals surface area contributed by atoms with Crippen molar-refractivity contribution in [2.24, 2.45) is 12.0 Å². The van der Waals surface area contributed by atoms with Gasteiger partial charge in [0.1, 0.15) is 0 Å². The average molecular weight is 360 g/mol. The van der Waals surface area contributed by atoms with E-state index in [1.165, 1.54) is 21.8 Å². The van der Waals surface area contributed by atoms with Crippen LogP contribution in [-0.2, 0) is 26.4 Å². The van der Waals surface area contributed by atoms with Crippen LogP contribution in [0.4, 0.5) is 0 Å². The topological polar surface area (TPSA) is 54.2 Å². The molecule has 6 heteroatoms. The van der Waals surface area contributed by atoms with Gasteiger partial charge in [-0.3, -0.25) is 9.67 Å². The Morgan fingerprint density at radius 2 is 1.92 bits per heavy atom. The maximum absolute atomic E-state index is 4.63. The fourth-order valence-electron chi connectivity index (χ4n) is 2.84. The van der Waals surface area contributed by atoms with Gasteiger partial charge < -0.3 is 10.6 Å². The molecule has 0 aliphatic rings. The van der Waals surface area contributed by atoms with E-state index >= 15 is 0 Å². The molecule has 0 aliphatic carbocycles. The largest absolute Gasteiger partial charge is 0.356 e. The first kappa shape index (κ1) is 19.4. The van der Waals surface area contributed by atoms with Crippen LogP contribution in [0.1, 0.15) is 30.8 Å². The minimum Gasteiger partial charge on any atom is -0.356 e. The van der Waals surface area contributed by atoms with Crippen molar-refractivity contribution in [2.75, 3.05) is 19.3 Å². The Bertz CT molecular complexity index is 679. The van der Waals surface area contributed by atoms with Crippen molar-refractivity contribution in [1.29, 1.82) is 0 Å². The second-order valence-corrected chi connectivity index (χ2v) is 6.89. The zero-order chi connectivity index (χ0) is 18.1. The van der Waals surface area contributed by atoms with E-state index < -0.39 is 0 Å². The average Bonchev–Trinajstić information content (AvgIpc) is 2.96. The molecule has 0 atom stereocenters. The molecule has 1 aromatic heterocycles. The molecular weight excluding hydrogens is 330 g/mol. The molecular formula is C19H29N5S. The zero-order valence-electron chi connectivity index (χ0n) is 15.7. The summed E-state index contributed by atoms with van der Waals surface area (Å²) < 4.78 is 2.00. The fourth-order valence-corrected chi connectivity index (χ4v) is 3.63. The Morgan fingerprint density at radius 1 is 1.16 bits per heavy atom. The molecule has 0 aliphatic heterocycles. The van der Waals surface area contributed by atoms with Crippen LogP contribution < -0.4 is 10.6 Å². The second kappa shape index (κ2) is 10.1. The van der Waals surface area contributed by atoms with E-state index in [-0.39, 0.29) is 0 Å². The summed E-state index contributed by atoms with van der Waals surface area (Å²) in [4.78, 5) is 5.62. The molecule has 2 rings (SSSR count). The molecule has 0 bridgehead atoms. The summed E-state index contributed by atoms with van der Waals surface area (Å²) in [5, 5.41) is 11.4. The lowest BCUT2D eigenvalue weighted by Crippen LogP contribution is -2.38. The van der Waals surface area contributed by atoms with Crippen LogP contribution in [0.2, 0.25) is 0 Å². The van der Waals surface area contributed by atoms with Crippen molar-refractivity contribution in [3.8, 4) is 0 Å². The molecule has 25 heavy (non-hydrogen) atoms. The number of nitrogens with one attached hydrogen (secondary N) is 2. The van der Waals surface area contributed by atoms with Crippen molar-refractivity contribution < 1.29 is 0 Å². The van der Waals surface area contributed by atoms with Crippen LogP contribution in [-0.4, -0.2) is 35.1 Å². The molecule has 0 unspecified atom stereocenters. The summed E-state index contributed by atoms with van der Waals surface area (Å²) in [5.74, 6) is 1.83. The quantitative estimate of drug-likeness (QED) is 0.329. The summed E-state index contributed by atoms with van der Waals surface area (Å²) in [6.07, 6.45) is 1.94. The van der Waals surface area contributed by atoms with Gasteiger partial charge in [-0.15, -0.1) is 11.8 Å². The fraction of sp³-hybridized carbons (Fsp3) is 0.474. The molecule has 0 fully saturated rings. The van der Waals surface area contributed by atoms with Crippen molar-refractivity contribution in [2.45, 2.75) is 38.1 Å². The number of aliphatic imine (C=N–C) groups is 1. The van der Waals surface area contributed by atoms with E-state index in [0.717, 1.165) is 37.6 Å². The number of aryl methyl sites for hydroxylation is 2. The van der Waals surface area contributed by atoms with Crippen LogP contribution in [0.25, 0.3) is 0 Å². The maximum atomic E-state index is 4.63. The molecule has 1 heterocycles. The molecule has 2 N–H and O–H groups in total. The highest BCUT2D eigenvalue weighted by Gasteiger charge is 2.13. The van der Waals surface area contributed by atoms with Gasteiger partial charge in [0.15, 0.2) is 5.96 Å². The van der Waals surface area contributed by atoms with Crippen molar-refractivity contribution >= 4 is 17.7 Å². The zero-order valence-corrected chi connectivity index (χ0v) is 16.5. The van der Waals surface area contributed by atoms with Gasteiger partial charge in [-0.05, 0) is 25.0 Å². The number of aromatic nitrogens is 2. The lowest BCUT2D eigenvalue weighted by atomic mass is 10.1. The molecule has 0 amide bonds. The van der Waals surface area contributed by atoms with Gasteiger partial charge in [-0.1, -0.05) is 32.0 Å². The van der Waals surface area contributed by atoms with Crippen LogP contribution in [0.5, 0.6) is 0 Å². The van der Waals surface area contributed by atoms with Crippen molar-refractivity contribution in [1.82, 2.24) is 20.4 Å². The van der Waals surface area contributed by atoms with Crippen molar-refractivity contribution in [3.63, 3.8) is 0 Å². The van der Waals surface area contributed by atoms with Crippen molar-refractivity contribution in [3.05, 3.63) is 47.3 Å². The molecule has 0 radical (unpaired) electrons. The van der Waals surface area contributed by atoms with E-state index in [0.29, 0.717) is 0 Å². The summed E-state index contributed by atoms with van der Waals surface area (Å²) in [7, 11) is 3.83. The molecule has 2 aromatic rings. The van der Waals surface area contributed by atoms with Crippen LogP contribution in [0.3, 0.4) is 0 Å². The molecule has 5 nitrogen and oxygen atoms in total. The summed E-state index contributed by atoms with van der Waals surface area (Å²) in [6.45, 7) is 5.95. The van der Waals surface area contributed by atoms with Gasteiger partial charge in [0.25, 0.3) is 0 Å². The summed E-state index contributed by atoms with van der Waals surface area (Å²) in [5.41, 5.74) is 3.76. The Labute approximate surface area is 155 Å². The smallest absolute Gasteiger partial charge is 0.191 e. The van der Waals surface area contributed by atoms with Crippen LogP contribution in [0.15, 0.2) is 40.2 Å². The normalized spacial score (nSPS) is 11.6. The Kier molecular flexibility index (Phi) is 7.85. The third-order valence-electron chi connectivity index (χ3n) is 4.09. The third kappa shape index (κ3) is 5.53. The Morgan fingerprint density at radius 3 is 2.56 bits per heavy atom. The number of guanidine groups is 1. The number of rotatable bonds is 8. The first-order chi connectivity index (χ1) is 12.2. The van der Waals surface area contributed by atoms with E-state index in [1.807, 2.05) is 36.6 Å². The molecule has 0 saturated heterocycles. The monoisotopic (exact) mass is 359 g/mol. The lowest BCUT2D eigenvalue weighted by molar-refractivity contribution is 0.702. The van der Waals surface area contributed by atoms with Crippen LogP contribution in [0, 0.1) is 0 Å². The summed E-state index contributed by atoms with van der Waals surface area (Å²) >= 11 is 1.84. The van der Waals surface area contributed by atoms with E-state index in [9.17, 15) is 0 Å². The second-order valence-electron chi connectivity index (χ2n) is 5.72. The minimum absolute atomic E-state index is 0.756. The van der Waals surface area contributed by atoms with E-state index in [2.05, 4.69) is 58.8 Å². The number of nitrogens with zero attached hydrogens (tertiary/aromatic N) is 3. The molecule has 0 saturated carbocycles. The standard InChI is InChI=1S/C19H29N5S/c1-5-17-16(18(6-2)24(4)23-17)14-22-19(20-3)21-12-13-25-15-10-8-7-9-11-15/h7-11H,5-6,12-14H2,1-4H3,(H2,20,21,22). The van der Waals surface area contributed by atoms with Gasteiger partial charge in [-0.2, -0.15) is 5.10 Å². The predicted octanol–water partition coefficient (Wildman–Crippen LogP) is 3.00. The maximum Gasteiger partial charge on any atom is 0.191 e. The highest BCUT2D eigenvalue weighted by molar-refractivity contribution is 7.99. The molecule has 1 aromatic carbocycles. The molecule has 136 valence electrons. The highest BCUT2D eigenvalue weighted by Crippen LogP contribution is 2.16. The Hall–Kier alpha value is -1.95. The molecule has 0 spiro atoms. The van der Waals surface area contributed by atoms with E-state index in [4.69, 9.17) is 0 Å².